The molecule has 0 spiro atoms. The van der Waals surface area contributed by atoms with Gasteiger partial charge in [-0.05, 0) is 122 Å². The van der Waals surface area contributed by atoms with Crippen LogP contribution in [-0.4, -0.2) is 69.4 Å². The third-order valence-electron chi connectivity index (χ3n) is 15.1. The number of quaternary nitrogens is 1. The Bertz CT molecular complexity index is 1950. The molecular formula is C77H133N2O7P. The molecule has 1 amide bonds. The van der Waals surface area contributed by atoms with Crippen LogP contribution in [0.15, 0.2) is 134 Å². The number of rotatable bonds is 63. The SMILES string of the molecule is CC/C=C\C/C=C\C/C=C\C/C=C\C/C=C\CCCCCCCCCCCC(=O)OC(/C=C/CCCCCCCCCCCCC)C(COP(=O)([O-])OCC[N+](C)(C)C)NC(=O)CCCCCCCCC/C=C\C/C=C\C/C=C\C/C=C\C/C=C\CC. The van der Waals surface area contributed by atoms with E-state index in [1.54, 1.807) is 0 Å². The second-order valence-electron chi connectivity index (χ2n) is 24.6. The molecule has 87 heavy (non-hydrogen) atoms. The second-order valence-corrected chi connectivity index (χ2v) is 26.0. The van der Waals surface area contributed by atoms with Gasteiger partial charge in [-0.25, -0.2) is 0 Å². The van der Waals surface area contributed by atoms with Crippen LogP contribution in [0.2, 0.25) is 0 Å². The van der Waals surface area contributed by atoms with Crippen LogP contribution in [0.1, 0.15) is 290 Å². The zero-order chi connectivity index (χ0) is 63.5. The molecule has 0 saturated carbocycles. The number of hydrogen-bond acceptors (Lipinski definition) is 7. The first-order chi connectivity index (χ1) is 42.4. The van der Waals surface area contributed by atoms with E-state index in [2.05, 4.69) is 148 Å². The molecule has 0 fully saturated rings. The van der Waals surface area contributed by atoms with Crippen LogP contribution in [0, 0.1) is 0 Å². The molecule has 0 aromatic heterocycles. The first-order valence-electron chi connectivity index (χ1n) is 35.5. The lowest BCUT2D eigenvalue weighted by Crippen LogP contribution is -2.47. The molecule has 0 aromatic rings. The summed E-state index contributed by atoms with van der Waals surface area (Å²) in [6.07, 6.45) is 92.8. The first kappa shape index (κ1) is 83.2. The van der Waals surface area contributed by atoms with Crippen LogP contribution < -0.4 is 10.2 Å². The lowest BCUT2D eigenvalue weighted by molar-refractivity contribution is -0.870. The minimum Gasteiger partial charge on any atom is -0.756 e. The number of phosphoric ester groups is 1. The van der Waals surface area contributed by atoms with E-state index in [4.69, 9.17) is 13.8 Å². The molecule has 10 heteroatoms. The van der Waals surface area contributed by atoms with Crippen LogP contribution >= 0.6 is 7.82 Å². The Morgan fingerprint density at radius 3 is 1.10 bits per heavy atom. The van der Waals surface area contributed by atoms with E-state index in [0.717, 1.165) is 148 Å². The number of nitrogens with one attached hydrogen (secondary N) is 1. The normalized spacial score (nSPS) is 14.3. The van der Waals surface area contributed by atoms with E-state index < -0.39 is 26.6 Å². The molecule has 0 heterocycles. The van der Waals surface area contributed by atoms with Crippen molar-refractivity contribution in [1.29, 1.82) is 0 Å². The number of allylic oxidation sites excluding steroid dienone is 21. The topological polar surface area (TPSA) is 114 Å². The summed E-state index contributed by atoms with van der Waals surface area (Å²) < 4.78 is 30.5. The highest BCUT2D eigenvalue weighted by molar-refractivity contribution is 7.45. The van der Waals surface area contributed by atoms with Gasteiger partial charge >= 0.3 is 5.97 Å². The zero-order valence-electron chi connectivity index (χ0n) is 56.9. The maximum absolute atomic E-state index is 13.6. The first-order valence-corrected chi connectivity index (χ1v) is 37.0. The molecule has 3 atom stereocenters. The molecule has 0 rings (SSSR count). The smallest absolute Gasteiger partial charge is 0.306 e. The van der Waals surface area contributed by atoms with Gasteiger partial charge in [0.2, 0.25) is 5.91 Å². The summed E-state index contributed by atoms with van der Waals surface area (Å²) in [6, 6.07) is -0.908. The molecule has 3 unspecified atom stereocenters. The van der Waals surface area contributed by atoms with Gasteiger partial charge in [0.1, 0.15) is 19.3 Å². The molecule has 0 aromatic carbocycles. The summed E-state index contributed by atoms with van der Waals surface area (Å²) in [4.78, 5) is 40.2. The van der Waals surface area contributed by atoms with E-state index in [-0.39, 0.29) is 24.9 Å². The van der Waals surface area contributed by atoms with Crippen molar-refractivity contribution in [2.75, 3.05) is 40.9 Å². The summed E-state index contributed by atoms with van der Waals surface area (Å²) in [5.41, 5.74) is 0. The van der Waals surface area contributed by atoms with Gasteiger partial charge in [0.25, 0.3) is 7.82 Å². The monoisotopic (exact) mass is 1230 g/mol. The van der Waals surface area contributed by atoms with Gasteiger partial charge in [-0.3, -0.25) is 14.2 Å². The lowest BCUT2D eigenvalue weighted by atomic mass is 10.0. The lowest BCUT2D eigenvalue weighted by Gasteiger charge is -2.30. The van der Waals surface area contributed by atoms with E-state index >= 15 is 0 Å². The van der Waals surface area contributed by atoms with Gasteiger partial charge in [0.05, 0.1) is 33.8 Å². The molecule has 0 saturated heterocycles. The highest BCUT2D eigenvalue weighted by Crippen LogP contribution is 2.38. The van der Waals surface area contributed by atoms with Crippen LogP contribution in [0.25, 0.3) is 0 Å². The Morgan fingerprint density at radius 2 is 0.736 bits per heavy atom. The van der Waals surface area contributed by atoms with Gasteiger partial charge < -0.3 is 28.5 Å². The molecule has 1 N–H and O–H groups in total. The number of hydrogen-bond donors (Lipinski definition) is 1. The number of carbonyl (C=O) groups is 2. The van der Waals surface area contributed by atoms with Crippen molar-refractivity contribution in [2.45, 2.75) is 303 Å². The van der Waals surface area contributed by atoms with Crippen LogP contribution in [0.4, 0.5) is 0 Å². The summed E-state index contributed by atoms with van der Waals surface area (Å²) in [5.74, 6) is -0.564. The van der Waals surface area contributed by atoms with Gasteiger partial charge in [0.15, 0.2) is 0 Å². The van der Waals surface area contributed by atoms with Gasteiger partial charge in [0, 0.05) is 12.8 Å². The van der Waals surface area contributed by atoms with Crippen molar-refractivity contribution in [3.05, 3.63) is 134 Å². The summed E-state index contributed by atoms with van der Waals surface area (Å²) in [7, 11) is 1.16. The third kappa shape index (κ3) is 66.4. The molecule has 0 radical (unpaired) electrons. The van der Waals surface area contributed by atoms with E-state index in [1.807, 2.05) is 33.3 Å². The molecule has 9 nitrogen and oxygen atoms in total. The van der Waals surface area contributed by atoms with Crippen molar-refractivity contribution < 1.29 is 37.3 Å². The minimum atomic E-state index is -4.72. The van der Waals surface area contributed by atoms with E-state index in [9.17, 15) is 19.0 Å². The molecule has 0 bridgehead atoms. The number of likely N-dealkylation sites (N-methyl/N-ethyl adjacent to an activating group) is 1. The van der Waals surface area contributed by atoms with E-state index in [0.29, 0.717) is 17.4 Å². The highest BCUT2D eigenvalue weighted by atomic mass is 31.2. The quantitative estimate of drug-likeness (QED) is 0.0212. The molecule has 0 aliphatic heterocycles. The molecular weight excluding hydrogens is 1100 g/mol. The Kier molecular flexibility index (Phi) is 62.2. The van der Waals surface area contributed by atoms with Crippen molar-refractivity contribution >= 4 is 19.7 Å². The average molecular weight is 1230 g/mol. The Morgan fingerprint density at radius 1 is 0.414 bits per heavy atom. The van der Waals surface area contributed by atoms with Crippen molar-refractivity contribution in [1.82, 2.24) is 5.32 Å². The Labute approximate surface area is 536 Å². The van der Waals surface area contributed by atoms with Crippen LogP contribution in [-0.2, 0) is 27.9 Å². The number of esters is 1. The fraction of sp³-hybridized carbons (Fsp3) is 0.688. The van der Waals surface area contributed by atoms with Crippen LogP contribution in [0.3, 0.4) is 0 Å². The highest BCUT2D eigenvalue weighted by Gasteiger charge is 2.27. The number of phosphoric acid groups is 1. The Hall–Kier alpha value is -3.85. The number of nitrogens with zero attached hydrogens (tertiary/aromatic N) is 1. The Balaban J connectivity index is 5.17. The van der Waals surface area contributed by atoms with Crippen LogP contribution in [0.5, 0.6) is 0 Å². The van der Waals surface area contributed by atoms with Crippen molar-refractivity contribution in [2.24, 2.45) is 0 Å². The second kappa shape index (κ2) is 65.1. The van der Waals surface area contributed by atoms with Gasteiger partial charge in [-0.15, -0.1) is 0 Å². The van der Waals surface area contributed by atoms with Gasteiger partial charge in [-0.1, -0.05) is 290 Å². The van der Waals surface area contributed by atoms with Crippen molar-refractivity contribution in [3.63, 3.8) is 0 Å². The standard InChI is InChI=1S/C77H133N2O7P/c1-7-10-13-16-19-22-25-28-30-32-34-36-38-39-41-43-45-47-49-52-55-58-61-64-67-70-77(81)86-75(68-65-62-59-56-53-50-27-24-21-18-15-12-9-3)74(73-85-87(82,83)84-72-71-79(4,5)6)78-76(80)69-66-63-60-57-54-51-48-46-44-42-40-37-35-33-31-29-26-23-20-17-14-11-8-2/h10-11,13-14,19-20,22-23,28-31,34-37,39,41-42,44,65,68,74-75H,7-9,12,15-18,21,24-27,32-33,38,40,43,45-64,66-67,69-73H2,1-6H3,(H-,78,80,82,83)/b13-10-,14-11-,22-19-,23-20-,30-28-,31-29-,36-34-,37-35-,41-39-,44-42-,68-65+. The van der Waals surface area contributed by atoms with E-state index in [1.165, 1.54) is 109 Å². The molecule has 0 aliphatic carbocycles. The summed E-state index contributed by atoms with van der Waals surface area (Å²) >= 11 is 0. The maximum Gasteiger partial charge on any atom is 0.306 e. The number of amides is 1. The van der Waals surface area contributed by atoms with Gasteiger partial charge in [-0.2, -0.15) is 0 Å². The fourth-order valence-electron chi connectivity index (χ4n) is 9.69. The predicted octanol–water partition coefficient (Wildman–Crippen LogP) is 22.2. The number of carbonyl (C=O) groups excluding carboxylic acids is 2. The third-order valence-corrected chi connectivity index (χ3v) is 16.0. The number of unbranched alkanes of at least 4 members (excludes halogenated alkanes) is 27. The summed E-state index contributed by atoms with van der Waals surface area (Å²) in [6.45, 7) is 6.61. The average Bonchev–Trinajstić information content (AvgIpc) is 3.70. The summed E-state index contributed by atoms with van der Waals surface area (Å²) in [5, 5.41) is 3.03. The largest absolute Gasteiger partial charge is 0.756 e. The molecule has 498 valence electrons. The predicted molar refractivity (Wildman–Crippen MR) is 376 cm³/mol. The fourth-order valence-corrected chi connectivity index (χ4v) is 10.4. The molecule has 0 aliphatic rings. The zero-order valence-corrected chi connectivity index (χ0v) is 57.8. The minimum absolute atomic E-state index is 0.0324. The van der Waals surface area contributed by atoms with Crippen molar-refractivity contribution in [3.8, 4) is 0 Å². The maximum atomic E-state index is 13.6. The number of ether oxygens (including phenoxy) is 1.